The Labute approximate surface area is 117 Å². The molecule has 1 aromatic rings. The Bertz CT molecular complexity index is 518. The van der Waals surface area contributed by atoms with Crippen molar-refractivity contribution in [3.05, 3.63) is 23.5 Å². The van der Waals surface area contributed by atoms with Gasteiger partial charge in [-0.15, -0.1) is 0 Å². The zero-order valence-electron chi connectivity index (χ0n) is 10.2. The van der Waals surface area contributed by atoms with Crippen molar-refractivity contribution >= 4 is 33.4 Å². The molecule has 4 nitrogen and oxygen atoms in total. The highest BCUT2D eigenvalue weighted by Crippen LogP contribution is 2.29. The van der Waals surface area contributed by atoms with Crippen LogP contribution in [-0.2, 0) is 10.0 Å². The molecule has 18 heavy (non-hydrogen) atoms. The van der Waals surface area contributed by atoms with Crippen molar-refractivity contribution in [3.8, 4) is 0 Å². The second-order valence-corrected chi connectivity index (χ2v) is 8.01. The second-order valence-electron chi connectivity index (χ2n) is 4.25. The third kappa shape index (κ3) is 2.66. The normalized spacial score (nSPS) is 26.2. The largest absolute Gasteiger partial charge is 0.244 e. The van der Waals surface area contributed by atoms with E-state index in [0.717, 1.165) is 5.75 Å². The second kappa shape index (κ2) is 5.36. The van der Waals surface area contributed by atoms with Crippen LogP contribution in [0.1, 0.15) is 13.8 Å². The summed E-state index contributed by atoms with van der Waals surface area (Å²) in [5.41, 5.74) is 0. The smallest absolute Gasteiger partial charge is 0.243 e. The maximum Gasteiger partial charge on any atom is 0.244 e. The molecule has 1 aliphatic heterocycles. The lowest BCUT2D eigenvalue weighted by Crippen LogP contribution is -2.47. The molecule has 7 heteroatoms. The summed E-state index contributed by atoms with van der Waals surface area (Å²) in [4.78, 5) is 4.05. The molecule has 2 unspecified atom stereocenters. The van der Waals surface area contributed by atoms with Gasteiger partial charge >= 0.3 is 0 Å². The van der Waals surface area contributed by atoms with Gasteiger partial charge in [0.05, 0.1) is 0 Å². The summed E-state index contributed by atoms with van der Waals surface area (Å²) >= 11 is 7.48. The van der Waals surface area contributed by atoms with E-state index in [4.69, 9.17) is 11.6 Å². The standard InChI is InChI=1S/C11H15ClN2O2S2/c1-8-9(2)17-6-5-14(8)18(15,16)10-3-4-11(12)13-7-10/h3-4,7-9H,5-6H2,1-2H3. The van der Waals surface area contributed by atoms with Crippen LogP contribution < -0.4 is 0 Å². The number of aromatic nitrogens is 1. The minimum atomic E-state index is -3.46. The molecule has 0 N–H and O–H groups in total. The van der Waals surface area contributed by atoms with Gasteiger partial charge in [0.15, 0.2) is 0 Å². The molecule has 2 atom stereocenters. The fraction of sp³-hybridized carbons (Fsp3) is 0.545. The van der Waals surface area contributed by atoms with Crippen molar-refractivity contribution < 1.29 is 8.42 Å². The van der Waals surface area contributed by atoms with E-state index in [2.05, 4.69) is 11.9 Å². The van der Waals surface area contributed by atoms with Crippen molar-refractivity contribution in [1.82, 2.24) is 9.29 Å². The first kappa shape index (κ1) is 14.1. The summed E-state index contributed by atoms with van der Waals surface area (Å²) < 4.78 is 26.5. The lowest BCUT2D eigenvalue weighted by molar-refractivity contribution is 0.340. The first-order chi connectivity index (χ1) is 8.43. The Morgan fingerprint density at radius 2 is 2.17 bits per heavy atom. The average molecular weight is 307 g/mol. The fourth-order valence-electron chi connectivity index (χ4n) is 1.89. The van der Waals surface area contributed by atoms with Crippen LogP contribution >= 0.6 is 23.4 Å². The molecule has 1 aliphatic rings. The molecule has 0 aromatic carbocycles. The lowest BCUT2D eigenvalue weighted by atomic mass is 10.2. The van der Waals surface area contributed by atoms with Crippen LogP contribution in [0, 0.1) is 0 Å². The van der Waals surface area contributed by atoms with Gasteiger partial charge in [-0.25, -0.2) is 13.4 Å². The van der Waals surface area contributed by atoms with Gasteiger partial charge in [0, 0.05) is 29.8 Å². The summed E-state index contributed by atoms with van der Waals surface area (Å²) in [6.45, 7) is 4.54. The number of pyridine rings is 1. The molecule has 1 saturated heterocycles. The zero-order chi connectivity index (χ0) is 13.3. The highest BCUT2D eigenvalue weighted by atomic mass is 35.5. The number of halogens is 1. The SMILES string of the molecule is CC1SCCN(S(=O)(=O)c2ccc(Cl)nc2)C1C. The van der Waals surface area contributed by atoms with Gasteiger partial charge in [-0.1, -0.05) is 18.5 Å². The first-order valence-electron chi connectivity index (χ1n) is 5.68. The molecule has 100 valence electrons. The number of hydrogen-bond donors (Lipinski definition) is 0. The summed E-state index contributed by atoms with van der Waals surface area (Å²) in [6.07, 6.45) is 1.32. The minimum Gasteiger partial charge on any atom is -0.243 e. The molecule has 2 rings (SSSR count). The number of rotatable bonds is 2. The van der Waals surface area contributed by atoms with Gasteiger partial charge in [0.25, 0.3) is 0 Å². The zero-order valence-corrected chi connectivity index (χ0v) is 12.6. The van der Waals surface area contributed by atoms with E-state index in [9.17, 15) is 8.42 Å². The van der Waals surface area contributed by atoms with Gasteiger partial charge in [-0.3, -0.25) is 0 Å². The number of hydrogen-bond acceptors (Lipinski definition) is 4. The van der Waals surface area contributed by atoms with Crippen LogP contribution in [0.4, 0.5) is 0 Å². The van der Waals surface area contributed by atoms with Crippen LogP contribution in [-0.4, -0.2) is 41.3 Å². The number of nitrogens with zero attached hydrogens (tertiary/aromatic N) is 2. The van der Waals surface area contributed by atoms with Crippen molar-refractivity contribution in [3.63, 3.8) is 0 Å². The summed E-state index contributed by atoms with van der Waals surface area (Å²) in [6, 6.07) is 3.00. The van der Waals surface area contributed by atoms with Crippen LogP contribution in [0.2, 0.25) is 5.15 Å². The number of sulfonamides is 1. The third-order valence-corrected chi connectivity index (χ3v) is 6.66. The molecule has 0 spiro atoms. The molecule has 1 aromatic heterocycles. The molecule has 0 aliphatic carbocycles. The van der Waals surface area contributed by atoms with Gasteiger partial charge in [0.2, 0.25) is 10.0 Å². The van der Waals surface area contributed by atoms with E-state index in [1.54, 1.807) is 16.1 Å². The van der Waals surface area contributed by atoms with Crippen LogP contribution in [0.15, 0.2) is 23.2 Å². The summed E-state index contributed by atoms with van der Waals surface area (Å²) in [5.74, 6) is 0.825. The quantitative estimate of drug-likeness (QED) is 0.786. The average Bonchev–Trinajstić information content (AvgIpc) is 2.33. The van der Waals surface area contributed by atoms with E-state index >= 15 is 0 Å². The molecular formula is C11H15ClN2O2S2. The monoisotopic (exact) mass is 306 g/mol. The molecule has 0 amide bonds. The van der Waals surface area contributed by atoms with Gasteiger partial charge < -0.3 is 0 Å². The molecule has 0 radical (unpaired) electrons. The van der Waals surface area contributed by atoms with E-state index < -0.39 is 10.0 Å². The predicted molar refractivity (Wildman–Crippen MR) is 74.5 cm³/mol. The molecule has 2 heterocycles. The summed E-state index contributed by atoms with van der Waals surface area (Å²) in [7, 11) is -3.46. The topological polar surface area (TPSA) is 50.3 Å². The van der Waals surface area contributed by atoms with Gasteiger partial charge in [-0.2, -0.15) is 16.1 Å². The molecular weight excluding hydrogens is 292 g/mol. The Morgan fingerprint density at radius 3 is 2.78 bits per heavy atom. The Hall–Kier alpha value is -0.300. The van der Waals surface area contributed by atoms with Gasteiger partial charge in [-0.05, 0) is 19.1 Å². The van der Waals surface area contributed by atoms with Crippen LogP contribution in [0.25, 0.3) is 0 Å². The van der Waals surface area contributed by atoms with Crippen molar-refractivity contribution in [1.29, 1.82) is 0 Å². The highest BCUT2D eigenvalue weighted by molar-refractivity contribution is 8.00. The predicted octanol–water partition coefficient (Wildman–Crippen LogP) is 2.25. The van der Waals surface area contributed by atoms with E-state index in [0.29, 0.717) is 16.9 Å². The van der Waals surface area contributed by atoms with E-state index in [1.165, 1.54) is 18.3 Å². The Balaban J connectivity index is 2.33. The maximum absolute atomic E-state index is 12.5. The minimum absolute atomic E-state index is 0.00979. The van der Waals surface area contributed by atoms with Crippen LogP contribution in [0.3, 0.4) is 0 Å². The number of thioether (sulfide) groups is 1. The molecule has 0 saturated carbocycles. The van der Waals surface area contributed by atoms with Gasteiger partial charge in [0.1, 0.15) is 10.0 Å². The third-order valence-electron chi connectivity index (χ3n) is 3.13. The summed E-state index contributed by atoms with van der Waals surface area (Å²) in [5, 5.41) is 0.596. The molecule has 1 fully saturated rings. The lowest BCUT2D eigenvalue weighted by Gasteiger charge is -2.36. The molecule has 0 bridgehead atoms. The van der Waals surface area contributed by atoms with Crippen molar-refractivity contribution in [2.45, 2.75) is 30.0 Å². The van der Waals surface area contributed by atoms with Crippen LogP contribution in [0.5, 0.6) is 0 Å². The maximum atomic E-state index is 12.5. The van der Waals surface area contributed by atoms with Crippen molar-refractivity contribution in [2.75, 3.05) is 12.3 Å². The Kier molecular flexibility index (Phi) is 4.21. The highest BCUT2D eigenvalue weighted by Gasteiger charge is 2.34. The Morgan fingerprint density at radius 1 is 1.44 bits per heavy atom. The van der Waals surface area contributed by atoms with E-state index in [-0.39, 0.29) is 10.9 Å². The van der Waals surface area contributed by atoms with E-state index in [1.807, 2.05) is 6.92 Å². The first-order valence-corrected chi connectivity index (χ1v) is 8.54. The fourth-order valence-corrected chi connectivity index (χ4v) is 4.95. The van der Waals surface area contributed by atoms with Crippen molar-refractivity contribution in [2.24, 2.45) is 0 Å².